The van der Waals surface area contributed by atoms with Gasteiger partial charge < -0.3 is 20.3 Å². The standard InChI is InChI=1S/C25H34N2O2.C2H2O4/c1-20(2)11-14-26-25(28)23-12-15-27(16-13-23)18-22-9-6-10-24(17-22)29-19-21-7-4-3-5-8-21;3-1(4)2(5)6/h3-10,17,20,23H,11-16,18-19H2,1-2H3,(H,26,28);(H,3,4)(H,5,6). The van der Waals surface area contributed by atoms with Gasteiger partial charge in [-0.2, -0.15) is 0 Å². The lowest BCUT2D eigenvalue weighted by Gasteiger charge is -2.31. The van der Waals surface area contributed by atoms with E-state index in [1.54, 1.807) is 0 Å². The molecule has 190 valence electrons. The van der Waals surface area contributed by atoms with E-state index in [2.05, 4.69) is 54.4 Å². The van der Waals surface area contributed by atoms with E-state index in [0.29, 0.717) is 12.5 Å². The zero-order valence-corrected chi connectivity index (χ0v) is 20.5. The molecule has 1 aliphatic rings. The molecule has 0 unspecified atom stereocenters. The third-order valence-corrected chi connectivity index (χ3v) is 5.72. The van der Waals surface area contributed by atoms with Crippen molar-refractivity contribution in [2.75, 3.05) is 19.6 Å². The lowest BCUT2D eigenvalue weighted by molar-refractivity contribution is -0.159. The third kappa shape index (κ3) is 11.1. The normalized spacial score (nSPS) is 14.0. The second-order valence-corrected chi connectivity index (χ2v) is 9.06. The minimum absolute atomic E-state index is 0.166. The topological polar surface area (TPSA) is 116 Å². The summed E-state index contributed by atoms with van der Waals surface area (Å²) in [6, 6.07) is 18.6. The van der Waals surface area contributed by atoms with Crippen molar-refractivity contribution in [3.05, 3.63) is 65.7 Å². The molecule has 1 amide bonds. The van der Waals surface area contributed by atoms with Crippen LogP contribution in [-0.2, 0) is 27.5 Å². The Morgan fingerprint density at radius 1 is 0.971 bits per heavy atom. The molecule has 0 aromatic heterocycles. The fourth-order valence-corrected chi connectivity index (χ4v) is 3.71. The van der Waals surface area contributed by atoms with Crippen LogP contribution in [0.3, 0.4) is 0 Å². The molecule has 0 bridgehead atoms. The van der Waals surface area contributed by atoms with Crippen LogP contribution in [0.2, 0.25) is 0 Å². The summed E-state index contributed by atoms with van der Waals surface area (Å²) < 4.78 is 5.95. The van der Waals surface area contributed by atoms with Gasteiger partial charge in [-0.05, 0) is 61.5 Å². The van der Waals surface area contributed by atoms with Crippen LogP contribution in [0.15, 0.2) is 54.6 Å². The van der Waals surface area contributed by atoms with E-state index in [1.165, 1.54) is 11.1 Å². The van der Waals surface area contributed by atoms with Crippen molar-refractivity contribution in [1.29, 1.82) is 0 Å². The number of aliphatic carboxylic acids is 2. The molecule has 0 radical (unpaired) electrons. The quantitative estimate of drug-likeness (QED) is 0.464. The summed E-state index contributed by atoms with van der Waals surface area (Å²) >= 11 is 0. The summed E-state index contributed by atoms with van der Waals surface area (Å²) in [6.07, 6.45) is 2.93. The summed E-state index contributed by atoms with van der Waals surface area (Å²) in [5.74, 6) is -1.71. The molecule has 1 fully saturated rings. The Morgan fingerprint density at radius 3 is 2.20 bits per heavy atom. The van der Waals surface area contributed by atoms with Gasteiger partial charge in [0, 0.05) is 19.0 Å². The van der Waals surface area contributed by atoms with Gasteiger partial charge in [0.1, 0.15) is 12.4 Å². The molecule has 2 aromatic carbocycles. The number of amides is 1. The van der Waals surface area contributed by atoms with Gasteiger partial charge in [-0.3, -0.25) is 9.69 Å². The average molecular weight is 485 g/mol. The number of carboxylic acid groups (broad SMARTS) is 2. The molecule has 0 atom stereocenters. The highest BCUT2D eigenvalue weighted by atomic mass is 16.5. The summed E-state index contributed by atoms with van der Waals surface area (Å²) in [4.78, 5) is 33.0. The van der Waals surface area contributed by atoms with Crippen molar-refractivity contribution in [1.82, 2.24) is 10.2 Å². The lowest BCUT2D eigenvalue weighted by atomic mass is 9.95. The number of hydrogen-bond donors (Lipinski definition) is 3. The van der Waals surface area contributed by atoms with Crippen LogP contribution in [0.25, 0.3) is 0 Å². The van der Waals surface area contributed by atoms with Gasteiger partial charge in [0.05, 0.1) is 0 Å². The largest absolute Gasteiger partial charge is 0.489 e. The van der Waals surface area contributed by atoms with E-state index >= 15 is 0 Å². The number of carboxylic acids is 2. The minimum atomic E-state index is -1.82. The van der Waals surface area contributed by atoms with Gasteiger partial charge in [0.25, 0.3) is 0 Å². The predicted molar refractivity (Wildman–Crippen MR) is 133 cm³/mol. The van der Waals surface area contributed by atoms with Gasteiger partial charge in [-0.1, -0.05) is 56.3 Å². The first kappa shape index (κ1) is 27.9. The monoisotopic (exact) mass is 484 g/mol. The first-order valence-corrected chi connectivity index (χ1v) is 12.0. The van der Waals surface area contributed by atoms with E-state index in [0.717, 1.165) is 51.2 Å². The molecule has 1 heterocycles. The molecular formula is C27H36N2O6. The molecule has 1 aliphatic heterocycles. The maximum absolute atomic E-state index is 12.3. The molecule has 35 heavy (non-hydrogen) atoms. The van der Waals surface area contributed by atoms with Crippen molar-refractivity contribution in [2.45, 2.75) is 46.3 Å². The number of hydrogen-bond acceptors (Lipinski definition) is 5. The highest BCUT2D eigenvalue weighted by Gasteiger charge is 2.24. The summed E-state index contributed by atoms with van der Waals surface area (Å²) in [5, 5.41) is 17.9. The molecule has 8 heteroatoms. The molecule has 3 rings (SSSR count). The number of rotatable bonds is 9. The molecular weight excluding hydrogens is 448 g/mol. The Balaban J connectivity index is 0.000000641. The van der Waals surface area contributed by atoms with Crippen LogP contribution >= 0.6 is 0 Å². The van der Waals surface area contributed by atoms with Crippen molar-refractivity contribution >= 4 is 17.8 Å². The molecule has 8 nitrogen and oxygen atoms in total. The number of piperidine rings is 1. The zero-order chi connectivity index (χ0) is 25.6. The first-order valence-electron chi connectivity index (χ1n) is 12.0. The number of ether oxygens (including phenoxy) is 1. The number of carbonyl (C=O) groups is 3. The number of likely N-dealkylation sites (tertiary alicyclic amines) is 1. The Bertz CT molecular complexity index is 928. The average Bonchev–Trinajstić information content (AvgIpc) is 2.84. The highest BCUT2D eigenvalue weighted by Crippen LogP contribution is 2.21. The molecule has 2 aromatic rings. The summed E-state index contributed by atoms with van der Waals surface area (Å²) in [6.45, 7) is 8.60. The fraction of sp³-hybridized carbons (Fsp3) is 0.444. The van der Waals surface area contributed by atoms with Crippen LogP contribution in [-0.4, -0.2) is 52.6 Å². The molecule has 1 saturated heterocycles. The van der Waals surface area contributed by atoms with Gasteiger partial charge in [-0.25, -0.2) is 9.59 Å². The Kier molecular flexibility index (Phi) is 11.8. The maximum Gasteiger partial charge on any atom is 0.414 e. The minimum Gasteiger partial charge on any atom is -0.489 e. The summed E-state index contributed by atoms with van der Waals surface area (Å²) in [5.41, 5.74) is 2.43. The third-order valence-electron chi connectivity index (χ3n) is 5.72. The lowest BCUT2D eigenvalue weighted by Crippen LogP contribution is -2.40. The van der Waals surface area contributed by atoms with Gasteiger partial charge in [0.2, 0.25) is 5.91 Å². The number of carbonyl (C=O) groups excluding carboxylic acids is 1. The van der Waals surface area contributed by atoms with E-state index in [9.17, 15) is 4.79 Å². The second-order valence-electron chi connectivity index (χ2n) is 9.06. The smallest absolute Gasteiger partial charge is 0.414 e. The summed E-state index contributed by atoms with van der Waals surface area (Å²) in [7, 11) is 0. The first-order chi connectivity index (χ1) is 16.7. The zero-order valence-electron chi connectivity index (χ0n) is 20.5. The Morgan fingerprint density at radius 2 is 1.60 bits per heavy atom. The van der Waals surface area contributed by atoms with Gasteiger partial charge in [0.15, 0.2) is 0 Å². The van der Waals surface area contributed by atoms with E-state index in [4.69, 9.17) is 24.5 Å². The van der Waals surface area contributed by atoms with Crippen LogP contribution < -0.4 is 10.1 Å². The van der Waals surface area contributed by atoms with E-state index < -0.39 is 11.9 Å². The molecule has 0 aliphatic carbocycles. The van der Waals surface area contributed by atoms with Crippen molar-refractivity contribution < 1.29 is 29.3 Å². The van der Waals surface area contributed by atoms with E-state index in [1.807, 2.05) is 24.3 Å². The van der Waals surface area contributed by atoms with Crippen molar-refractivity contribution in [3.8, 4) is 5.75 Å². The van der Waals surface area contributed by atoms with Crippen LogP contribution in [0.1, 0.15) is 44.2 Å². The van der Waals surface area contributed by atoms with Crippen molar-refractivity contribution in [2.24, 2.45) is 11.8 Å². The molecule has 0 saturated carbocycles. The fourth-order valence-electron chi connectivity index (χ4n) is 3.71. The molecule has 3 N–H and O–H groups in total. The number of benzene rings is 2. The van der Waals surface area contributed by atoms with Crippen LogP contribution in [0, 0.1) is 11.8 Å². The number of nitrogens with zero attached hydrogens (tertiary/aromatic N) is 1. The number of nitrogens with one attached hydrogen (secondary N) is 1. The Hall–Kier alpha value is -3.39. The molecule has 0 spiro atoms. The SMILES string of the molecule is CC(C)CCNC(=O)C1CCN(Cc2cccc(OCc3ccccc3)c2)CC1.O=C(O)C(=O)O. The second kappa shape index (κ2) is 14.8. The van der Waals surface area contributed by atoms with E-state index in [-0.39, 0.29) is 11.8 Å². The van der Waals surface area contributed by atoms with Crippen molar-refractivity contribution in [3.63, 3.8) is 0 Å². The van der Waals surface area contributed by atoms with Crippen LogP contribution in [0.5, 0.6) is 5.75 Å². The van der Waals surface area contributed by atoms with Gasteiger partial charge >= 0.3 is 11.9 Å². The highest BCUT2D eigenvalue weighted by molar-refractivity contribution is 6.27. The Labute approximate surface area is 206 Å². The predicted octanol–water partition coefficient (Wildman–Crippen LogP) is 3.80. The maximum atomic E-state index is 12.3. The van der Waals surface area contributed by atoms with Gasteiger partial charge in [-0.15, -0.1) is 0 Å². The van der Waals surface area contributed by atoms with Crippen LogP contribution in [0.4, 0.5) is 0 Å².